The molecule has 2 nitrogen and oxygen atoms in total. The van der Waals surface area contributed by atoms with Crippen molar-refractivity contribution in [2.24, 2.45) is 5.92 Å². The summed E-state index contributed by atoms with van der Waals surface area (Å²) < 4.78 is 13.6. The summed E-state index contributed by atoms with van der Waals surface area (Å²) in [7, 11) is 0. The molecule has 0 saturated carbocycles. The van der Waals surface area contributed by atoms with Crippen LogP contribution in [0.25, 0.3) is 0 Å². The highest BCUT2D eigenvalue weighted by Gasteiger charge is 2.13. The number of amides is 1. The lowest BCUT2D eigenvalue weighted by Crippen LogP contribution is -2.30. The molecule has 1 atom stereocenters. The normalized spacial score (nSPS) is 12.6. The maximum absolute atomic E-state index is 13.1. The number of halogens is 3. The molecule has 1 unspecified atom stereocenters. The van der Waals surface area contributed by atoms with E-state index in [9.17, 15) is 9.18 Å². The average Bonchev–Trinajstić information content (AvgIpc) is 2.28. The topological polar surface area (TPSA) is 29.1 Å². The van der Waals surface area contributed by atoms with Crippen LogP contribution in [0.4, 0.5) is 4.39 Å². The second-order valence-corrected chi connectivity index (χ2v) is 6.03. The van der Waals surface area contributed by atoms with Crippen molar-refractivity contribution in [3.05, 3.63) is 34.1 Å². The number of carbonyl (C=O) groups is 1. The summed E-state index contributed by atoms with van der Waals surface area (Å²) in [5.74, 6) is -0.283. The summed E-state index contributed by atoms with van der Waals surface area (Å²) in [4.78, 5) is 11.8. The molecule has 0 heterocycles. The SMILES string of the molecule is CC(C)CC(Cl)CNC(=O)c1cc(F)ccc1Br. The van der Waals surface area contributed by atoms with Crippen molar-refractivity contribution in [1.82, 2.24) is 5.32 Å². The van der Waals surface area contributed by atoms with E-state index in [0.717, 1.165) is 6.42 Å². The molecule has 100 valence electrons. The van der Waals surface area contributed by atoms with Crippen molar-refractivity contribution >= 4 is 33.4 Å². The maximum atomic E-state index is 13.1. The molecule has 18 heavy (non-hydrogen) atoms. The van der Waals surface area contributed by atoms with Gasteiger partial charge in [0.1, 0.15) is 5.82 Å². The largest absolute Gasteiger partial charge is 0.351 e. The van der Waals surface area contributed by atoms with Crippen LogP contribution in [0.5, 0.6) is 0 Å². The summed E-state index contributed by atoms with van der Waals surface area (Å²) in [5, 5.41) is 2.59. The van der Waals surface area contributed by atoms with Crippen molar-refractivity contribution in [2.45, 2.75) is 25.6 Å². The highest BCUT2D eigenvalue weighted by Crippen LogP contribution is 2.18. The van der Waals surface area contributed by atoms with Gasteiger partial charge in [-0.15, -0.1) is 11.6 Å². The van der Waals surface area contributed by atoms with Crippen molar-refractivity contribution in [3.8, 4) is 0 Å². The van der Waals surface area contributed by atoms with Gasteiger partial charge in [0.2, 0.25) is 0 Å². The monoisotopic (exact) mass is 335 g/mol. The molecule has 0 fully saturated rings. The third-order valence-electron chi connectivity index (χ3n) is 2.38. The van der Waals surface area contributed by atoms with Crippen molar-refractivity contribution in [2.75, 3.05) is 6.54 Å². The van der Waals surface area contributed by atoms with Crippen LogP contribution in [0.3, 0.4) is 0 Å². The number of carbonyl (C=O) groups excluding carboxylic acids is 1. The lowest BCUT2D eigenvalue weighted by atomic mass is 10.1. The van der Waals surface area contributed by atoms with Crippen LogP contribution in [0.15, 0.2) is 22.7 Å². The quantitative estimate of drug-likeness (QED) is 0.810. The van der Waals surface area contributed by atoms with E-state index in [-0.39, 0.29) is 16.8 Å². The molecule has 0 aliphatic heterocycles. The molecular formula is C13H16BrClFNO. The Balaban J connectivity index is 2.58. The summed E-state index contributed by atoms with van der Waals surface area (Å²) in [6, 6.07) is 4.01. The van der Waals surface area contributed by atoms with Crippen molar-refractivity contribution < 1.29 is 9.18 Å². The van der Waals surface area contributed by atoms with E-state index in [2.05, 4.69) is 35.1 Å². The molecule has 1 amide bonds. The lowest BCUT2D eigenvalue weighted by Gasteiger charge is -2.13. The predicted octanol–water partition coefficient (Wildman–Crippen LogP) is 3.97. The molecular weight excluding hydrogens is 321 g/mol. The standard InChI is InChI=1S/C13H16BrClFNO/c1-8(2)5-9(15)7-17-13(18)11-6-10(16)3-4-12(11)14/h3-4,6,8-9H,5,7H2,1-2H3,(H,17,18). The van der Waals surface area contributed by atoms with Gasteiger partial charge in [0.05, 0.1) is 10.9 Å². The second-order valence-electron chi connectivity index (χ2n) is 4.56. The third-order valence-corrected chi connectivity index (χ3v) is 3.41. The zero-order chi connectivity index (χ0) is 13.7. The smallest absolute Gasteiger partial charge is 0.252 e. The van der Waals surface area contributed by atoms with Gasteiger partial charge in [-0.2, -0.15) is 0 Å². The Hall–Kier alpha value is -0.610. The van der Waals surface area contributed by atoms with E-state index < -0.39 is 5.82 Å². The van der Waals surface area contributed by atoms with Gasteiger partial charge in [0, 0.05) is 11.0 Å². The number of nitrogens with one attached hydrogen (secondary N) is 1. The molecule has 1 aromatic rings. The fraction of sp³-hybridized carbons (Fsp3) is 0.462. The summed E-state index contributed by atoms with van der Waals surface area (Å²) in [6.07, 6.45) is 0.826. The highest BCUT2D eigenvalue weighted by molar-refractivity contribution is 9.10. The molecule has 0 spiro atoms. The minimum Gasteiger partial charge on any atom is -0.351 e. The van der Waals surface area contributed by atoms with Gasteiger partial charge in [-0.3, -0.25) is 4.79 Å². The van der Waals surface area contributed by atoms with Crippen LogP contribution in [0.1, 0.15) is 30.6 Å². The van der Waals surface area contributed by atoms with Gasteiger partial charge < -0.3 is 5.32 Å². The van der Waals surface area contributed by atoms with Crippen molar-refractivity contribution in [3.63, 3.8) is 0 Å². The van der Waals surface area contributed by atoms with Gasteiger partial charge in [-0.05, 0) is 46.5 Å². The number of benzene rings is 1. The maximum Gasteiger partial charge on any atom is 0.252 e. The fourth-order valence-electron chi connectivity index (χ4n) is 1.57. The Bertz CT molecular complexity index is 425. The predicted molar refractivity (Wildman–Crippen MR) is 75.5 cm³/mol. The minimum absolute atomic E-state index is 0.110. The van der Waals surface area contributed by atoms with E-state index >= 15 is 0 Å². The second kappa shape index (κ2) is 7.10. The number of hydrogen-bond donors (Lipinski definition) is 1. The van der Waals surface area contributed by atoms with Gasteiger partial charge in [0.25, 0.3) is 5.91 Å². The first kappa shape index (κ1) is 15.4. The van der Waals surface area contributed by atoms with Crippen LogP contribution in [0, 0.1) is 11.7 Å². The molecule has 1 N–H and O–H groups in total. The van der Waals surface area contributed by atoms with E-state index in [1.54, 1.807) is 0 Å². The van der Waals surface area contributed by atoms with Gasteiger partial charge in [-0.1, -0.05) is 13.8 Å². The number of alkyl halides is 1. The molecule has 0 aliphatic carbocycles. The first-order valence-corrected chi connectivity index (χ1v) is 7.00. The molecule has 0 radical (unpaired) electrons. The Morgan fingerprint density at radius 2 is 2.17 bits per heavy atom. The summed E-state index contributed by atoms with van der Waals surface area (Å²) in [5.41, 5.74) is 0.281. The third kappa shape index (κ3) is 4.94. The minimum atomic E-state index is -0.437. The number of rotatable bonds is 5. The first-order chi connectivity index (χ1) is 8.40. The highest BCUT2D eigenvalue weighted by atomic mass is 79.9. The molecule has 1 aromatic carbocycles. The first-order valence-electron chi connectivity index (χ1n) is 5.77. The van der Waals surface area contributed by atoms with E-state index in [1.807, 2.05) is 0 Å². The Morgan fingerprint density at radius 3 is 2.78 bits per heavy atom. The molecule has 0 aromatic heterocycles. The lowest BCUT2D eigenvalue weighted by molar-refractivity contribution is 0.0951. The van der Waals surface area contributed by atoms with Crippen LogP contribution >= 0.6 is 27.5 Å². The van der Waals surface area contributed by atoms with Crippen LogP contribution in [0.2, 0.25) is 0 Å². The Kier molecular flexibility index (Phi) is 6.09. The zero-order valence-electron chi connectivity index (χ0n) is 10.3. The molecule has 0 aliphatic rings. The summed E-state index contributed by atoms with van der Waals surface area (Å²) >= 11 is 9.30. The van der Waals surface area contributed by atoms with E-state index in [1.165, 1.54) is 18.2 Å². The van der Waals surface area contributed by atoms with Gasteiger partial charge >= 0.3 is 0 Å². The Labute approximate surface area is 120 Å². The van der Waals surface area contributed by atoms with Crippen LogP contribution in [-0.4, -0.2) is 17.8 Å². The Morgan fingerprint density at radius 1 is 1.50 bits per heavy atom. The molecule has 1 rings (SSSR count). The van der Waals surface area contributed by atoms with E-state index in [4.69, 9.17) is 11.6 Å². The molecule has 5 heteroatoms. The fourth-order valence-corrected chi connectivity index (χ4v) is 2.43. The van der Waals surface area contributed by atoms with E-state index in [0.29, 0.717) is 16.9 Å². The van der Waals surface area contributed by atoms with Crippen LogP contribution < -0.4 is 5.32 Å². The van der Waals surface area contributed by atoms with Gasteiger partial charge in [-0.25, -0.2) is 4.39 Å². The summed E-state index contributed by atoms with van der Waals surface area (Å²) in [6.45, 7) is 4.52. The number of hydrogen-bond acceptors (Lipinski definition) is 1. The molecule has 0 saturated heterocycles. The molecule has 0 bridgehead atoms. The zero-order valence-corrected chi connectivity index (χ0v) is 12.7. The van der Waals surface area contributed by atoms with Gasteiger partial charge in [0.15, 0.2) is 0 Å². The van der Waals surface area contributed by atoms with Crippen LogP contribution in [-0.2, 0) is 0 Å². The average molecular weight is 337 g/mol. The van der Waals surface area contributed by atoms with Crippen molar-refractivity contribution in [1.29, 1.82) is 0 Å².